The molecule has 0 aliphatic heterocycles. The van der Waals surface area contributed by atoms with E-state index in [1.807, 2.05) is 0 Å². The second kappa shape index (κ2) is 9.14. The third kappa shape index (κ3) is 5.54. The van der Waals surface area contributed by atoms with Crippen molar-refractivity contribution in [1.82, 2.24) is 15.8 Å². The van der Waals surface area contributed by atoms with Gasteiger partial charge >= 0.3 is 5.91 Å². The quantitative estimate of drug-likeness (QED) is 0.466. The number of nitrogens with one attached hydrogen (secondary N) is 2. The molecule has 1 amide bonds. The van der Waals surface area contributed by atoms with Gasteiger partial charge in [-0.3, -0.25) is 15.2 Å². The number of benzene rings is 1. The summed E-state index contributed by atoms with van der Waals surface area (Å²) < 4.78 is 23.4. The van der Waals surface area contributed by atoms with Crippen LogP contribution in [-0.2, 0) is 4.74 Å². The Hall–Kier alpha value is -2.45. The molecule has 2 N–H and O–H groups in total. The molecule has 0 fully saturated rings. The zero-order valence-electron chi connectivity index (χ0n) is 14.0. The van der Waals surface area contributed by atoms with Crippen molar-refractivity contribution in [2.24, 2.45) is 0 Å². The average molecular weight is 365 g/mol. The zero-order chi connectivity index (χ0) is 18.2. The van der Waals surface area contributed by atoms with E-state index in [2.05, 4.69) is 10.7 Å². The first-order valence-corrected chi connectivity index (χ1v) is 8.09. The molecular formula is C17H20FN3O3S. The average Bonchev–Trinajstić information content (AvgIpc) is 3.09. The molecule has 0 aliphatic rings. The molecule has 25 heavy (non-hydrogen) atoms. The lowest BCUT2D eigenvalue weighted by Gasteiger charge is -2.21. The smallest absolute Gasteiger partial charge is 0.305 e. The van der Waals surface area contributed by atoms with E-state index in [-0.39, 0.29) is 11.6 Å². The van der Waals surface area contributed by atoms with E-state index in [0.717, 1.165) is 6.42 Å². The summed E-state index contributed by atoms with van der Waals surface area (Å²) in [6.45, 7) is 1.27. The first-order chi connectivity index (χ1) is 12.0. The Morgan fingerprint density at radius 3 is 2.68 bits per heavy atom. The van der Waals surface area contributed by atoms with Gasteiger partial charge in [0.25, 0.3) is 0 Å². The normalized spacial score (nSPS) is 10.4. The van der Waals surface area contributed by atoms with Crippen molar-refractivity contribution < 1.29 is 18.3 Å². The van der Waals surface area contributed by atoms with Crippen molar-refractivity contribution in [3.05, 3.63) is 48.0 Å². The number of rotatable bonds is 6. The second-order valence-electron chi connectivity index (χ2n) is 5.25. The van der Waals surface area contributed by atoms with Gasteiger partial charge in [0, 0.05) is 32.9 Å². The molecule has 0 saturated heterocycles. The van der Waals surface area contributed by atoms with Crippen LogP contribution in [0.4, 0.5) is 4.39 Å². The summed E-state index contributed by atoms with van der Waals surface area (Å²) in [4.78, 5) is 12.2. The van der Waals surface area contributed by atoms with Crippen LogP contribution in [0.25, 0.3) is 11.3 Å². The number of amides is 1. The molecule has 0 bridgehead atoms. The molecule has 1 heterocycles. The number of hydrogen-bond acceptors (Lipinski definition) is 4. The molecule has 2 rings (SSSR count). The van der Waals surface area contributed by atoms with E-state index in [1.165, 1.54) is 17.1 Å². The molecule has 1 aromatic heterocycles. The summed E-state index contributed by atoms with van der Waals surface area (Å²) in [5.41, 5.74) is 3.30. The molecule has 2 aromatic rings. The fraction of sp³-hybridized carbons (Fsp3) is 0.294. The number of nitrogens with zero attached hydrogens (tertiary/aromatic N) is 1. The van der Waals surface area contributed by atoms with E-state index in [9.17, 15) is 9.18 Å². The van der Waals surface area contributed by atoms with Gasteiger partial charge < -0.3 is 14.5 Å². The van der Waals surface area contributed by atoms with Gasteiger partial charge in [0.1, 0.15) is 11.6 Å². The monoisotopic (exact) mass is 365 g/mol. The number of hydrogen-bond donors (Lipinski definition) is 2. The summed E-state index contributed by atoms with van der Waals surface area (Å²) in [6.07, 6.45) is 0.803. The summed E-state index contributed by atoms with van der Waals surface area (Å²) in [6, 6.07) is 9.04. The van der Waals surface area contributed by atoms with Crippen LogP contribution in [0.3, 0.4) is 0 Å². The molecule has 0 atom stereocenters. The van der Waals surface area contributed by atoms with E-state index < -0.39 is 5.91 Å². The Labute approximate surface area is 150 Å². The van der Waals surface area contributed by atoms with Crippen molar-refractivity contribution in [1.29, 1.82) is 0 Å². The van der Waals surface area contributed by atoms with Gasteiger partial charge in [-0.2, -0.15) is 0 Å². The van der Waals surface area contributed by atoms with E-state index in [1.54, 1.807) is 38.4 Å². The first kappa shape index (κ1) is 18.9. The van der Waals surface area contributed by atoms with E-state index in [0.29, 0.717) is 29.6 Å². The molecule has 8 heteroatoms. The van der Waals surface area contributed by atoms with Crippen molar-refractivity contribution >= 4 is 23.2 Å². The highest BCUT2D eigenvalue weighted by Crippen LogP contribution is 2.22. The van der Waals surface area contributed by atoms with Gasteiger partial charge in [0.2, 0.25) is 0 Å². The number of carbonyl (C=O) groups is 1. The minimum atomic E-state index is -0.433. The topological polar surface area (TPSA) is 66.7 Å². The second-order valence-corrected chi connectivity index (χ2v) is 5.64. The van der Waals surface area contributed by atoms with Crippen LogP contribution in [0.2, 0.25) is 0 Å². The number of thiocarbonyl (C=S) groups is 1. The van der Waals surface area contributed by atoms with Gasteiger partial charge in [-0.15, -0.1) is 0 Å². The van der Waals surface area contributed by atoms with Gasteiger partial charge in [-0.05, 0) is 55.0 Å². The number of ether oxygens (including phenoxy) is 1. The van der Waals surface area contributed by atoms with Crippen molar-refractivity contribution in [2.45, 2.75) is 6.42 Å². The lowest BCUT2D eigenvalue weighted by molar-refractivity contribution is 0.0858. The molecule has 0 unspecified atom stereocenters. The largest absolute Gasteiger partial charge is 0.451 e. The maximum absolute atomic E-state index is 13.0. The molecule has 0 saturated carbocycles. The van der Waals surface area contributed by atoms with Crippen molar-refractivity contribution in [3.8, 4) is 11.3 Å². The summed E-state index contributed by atoms with van der Waals surface area (Å²) >= 11 is 5.18. The standard InChI is InChI=1S/C17H20FN3O3S/c1-21(17(25)19-10-3-11-23-2)20-16(22)15-9-8-14(24-15)12-4-6-13(18)7-5-12/h4-9H,3,10-11H2,1-2H3,(H,19,25)(H,20,22). The molecule has 0 radical (unpaired) electrons. The van der Waals surface area contributed by atoms with Crippen LogP contribution in [-0.4, -0.2) is 43.3 Å². The maximum Gasteiger partial charge on any atom is 0.305 e. The van der Waals surface area contributed by atoms with Gasteiger partial charge in [-0.1, -0.05) is 0 Å². The highest BCUT2D eigenvalue weighted by Gasteiger charge is 2.15. The Balaban J connectivity index is 1.90. The Morgan fingerprint density at radius 1 is 1.28 bits per heavy atom. The minimum Gasteiger partial charge on any atom is -0.451 e. The zero-order valence-corrected chi connectivity index (χ0v) is 14.9. The summed E-state index contributed by atoms with van der Waals surface area (Å²) in [7, 11) is 3.27. The first-order valence-electron chi connectivity index (χ1n) is 7.68. The van der Waals surface area contributed by atoms with Crippen molar-refractivity contribution in [2.75, 3.05) is 27.3 Å². The number of hydrazine groups is 1. The highest BCUT2D eigenvalue weighted by atomic mass is 32.1. The molecular weight excluding hydrogens is 345 g/mol. The van der Waals surface area contributed by atoms with Gasteiger partial charge in [0.15, 0.2) is 10.9 Å². The van der Waals surface area contributed by atoms with E-state index >= 15 is 0 Å². The van der Waals surface area contributed by atoms with Crippen LogP contribution >= 0.6 is 12.2 Å². The van der Waals surface area contributed by atoms with Crippen LogP contribution in [0.5, 0.6) is 0 Å². The summed E-state index contributed by atoms with van der Waals surface area (Å²) in [5.74, 6) is -0.153. The maximum atomic E-state index is 13.0. The molecule has 0 spiro atoms. The number of halogens is 1. The van der Waals surface area contributed by atoms with Gasteiger partial charge in [-0.25, -0.2) is 4.39 Å². The Bertz CT molecular complexity index is 718. The molecule has 1 aromatic carbocycles. The predicted molar refractivity (Wildman–Crippen MR) is 96.4 cm³/mol. The third-order valence-corrected chi connectivity index (χ3v) is 3.75. The van der Waals surface area contributed by atoms with Crippen LogP contribution in [0.15, 0.2) is 40.8 Å². The molecule has 6 nitrogen and oxygen atoms in total. The third-order valence-electron chi connectivity index (χ3n) is 3.33. The van der Waals surface area contributed by atoms with Gasteiger partial charge in [0.05, 0.1) is 0 Å². The lowest BCUT2D eigenvalue weighted by Crippen LogP contribution is -2.48. The van der Waals surface area contributed by atoms with E-state index in [4.69, 9.17) is 21.4 Å². The molecule has 0 aliphatic carbocycles. The number of methoxy groups -OCH3 is 1. The summed E-state index contributed by atoms with van der Waals surface area (Å²) in [5, 5.41) is 4.80. The predicted octanol–water partition coefficient (Wildman–Crippen LogP) is 2.57. The van der Waals surface area contributed by atoms with Crippen LogP contribution < -0.4 is 10.7 Å². The lowest BCUT2D eigenvalue weighted by atomic mass is 10.2. The number of carbonyl (C=O) groups excluding carboxylic acids is 1. The molecule has 134 valence electrons. The van der Waals surface area contributed by atoms with Crippen LogP contribution in [0, 0.1) is 5.82 Å². The number of furan rings is 1. The minimum absolute atomic E-state index is 0.133. The van der Waals surface area contributed by atoms with Crippen LogP contribution in [0.1, 0.15) is 17.0 Å². The Morgan fingerprint density at radius 2 is 2.00 bits per heavy atom. The fourth-order valence-corrected chi connectivity index (χ4v) is 2.17. The Kier molecular flexibility index (Phi) is 6.91. The fourth-order valence-electron chi connectivity index (χ4n) is 2.02. The SMILES string of the molecule is COCCCNC(=S)N(C)NC(=O)c1ccc(-c2ccc(F)cc2)o1. The highest BCUT2D eigenvalue weighted by molar-refractivity contribution is 7.80. The van der Waals surface area contributed by atoms with Crippen molar-refractivity contribution in [3.63, 3.8) is 0 Å².